The van der Waals surface area contributed by atoms with Gasteiger partial charge in [0.25, 0.3) is 0 Å². The molecule has 110 valence electrons. The number of carboxylic acid groups (broad SMARTS) is 1. The van der Waals surface area contributed by atoms with Crippen LogP contribution in [0.1, 0.15) is 34.1 Å². The Bertz CT molecular complexity index is 482. The summed E-state index contributed by atoms with van der Waals surface area (Å²) in [6.45, 7) is 8.16. The van der Waals surface area contributed by atoms with Crippen LogP contribution in [0, 0.1) is 0 Å². The topological polar surface area (TPSA) is 49.8 Å². The van der Waals surface area contributed by atoms with E-state index in [0.717, 1.165) is 12.1 Å². The van der Waals surface area contributed by atoms with Crippen LogP contribution in [-0.4, -0.2) is 34.9 Å². The fourth-order valence-corrected chi connectivity index (χ4v) is 3.17. The lowest BCUT2D eigenvalue weighted by Gasteiger charge is -2.37. The largest absolute Gasteiger partial charge is 0.480 e. The molecule has 20 heavy (non-hydrogen) atoms. The number of carbonyl (C=O) groups is 1. The van der Waals surface area contributed by atoms with Gasteiger partial charge in [-0.1, -0.05) is 18.2 Å². The van der Waals surface area contributed by atoms with Crippen molar-refractivity contribution >= 4 is 11.7 Å². The molecule has 0 bridgehead atoms. The Morgan fingerprint density at radius 3 is 2.35 bits per heavy atom. The lowest BCUT2D eigenvalue weighted by molar-refractivity contribution is -0.135. The molecule has 0 saturated carbocycles. The molecule has 1 aromatic carbocycles. The molecule has 0 aliphatic carbocycles. The smallest absolute Gasteiger partial charge is 0.323 e. The van der Waals surface area contributed by atoms with Gasteiger partial charge in [-0.05, 0) is 46.2 Å². The van der Waals surface area contributed by atoms with Crippen LogP contribution in [0.5, 0.6) is 0 Å². The van der Waals surface area contributed by atoms with Crippen molar-refractivity contribution in [3.8, 4) is 0 Å². The number of rotatable bonds is 4. The molecule has 4 heteroatoms. The van der Waals surface area contributed by atoms with E-state index in [9.17, 15) is 9.90 Å². The zero-order chi connectivity index (χ0) is 15.0. The zero-order valence-corrected chi connectivity index (χ0v) is 12.6. The van der Waals surface area contributed by atoms with E-state index in [1.807, 2.05) is 49.1 Å². The van der Waals surface area contributed by atoms with Gasteiger partial charge in [0.15, 0.2) is 0 Å². The van der Waals surface area contributed by atoms with Gasteiger partial charge < -0.3 is 14.7 Å². The minimum absolute atomic E-state index is 0.0163. The van der Waals surface area contributed by atoms with Crippen LogP contribution >= 0.6 is 0 Å². The predicted octanol–water partition coefficient (Wildman–Crippen LogP) is 2.92. The summed E-state index contributed by atoms with van der Waals surface area (Å²) in [6.07, 6.45) is 0.808. The van der Waals surface area contributed by atoms with Crippen LogP contribution in [-0.2, 0) is 9.53 Å². The molecule has 1 aromatic rings. The van der Waals surface area contributed by atoms with Gasteiger partial charge in [-0.25, -0.2) is 0 Å². The highest BCUT2D eigenvalue weighted by molar-refractivity contribution is 5.74. The monoisotopic (exact) mass is 277 g/mol. The maximum atomic E-state index is 11.2. The van der Waals surface area contributed by atoms with Crippen molar-refractivity contribution in [2.45, 2.75) is 51.4 Å². The SMILES string of the molecule is CC1(C)CC(N(CC(=O)O)c2ccccc2)C(C)(C)O1. The van der Waals surface area contributed by atoms with E-state index in [0.29, 0.717) is 0 Å². The standard InChI is InChI=1S/C16H23NO3/c1-15(2)10-13(16(3,4)20-15)17(11-14(18)19)12-8-6-5-7-9-12/h5-9,13H,10-11H2,1-4H3,(H,18,19). The van der Waals surface area contributed by atoms with Crippen LogP contribution in [0.25, 0.3) is 0 Å². The number of ether oxygens (including phenoxy) is 1. The Hall–Kier alpha value is -1.55. The van der Waals surface area contributed by atoms with E-state index in [2.05, 4.69) is 13.8 Å². The molecular weight excluding hydrogens is 254 g/mol. The van der Waals surface area contributed by atoms with Gasteiger partial charge in [-0.2, -0.15) is 0 Å². The molecule has 0 amide bonds. The van der Waals surface area contributed by atoms with Crippen LogP contribution in [0.4, 0.5) is 5.69 Å². The first-order chi connectivity index (χ1) is 9.21. The van der Waals surface area contributed by atoms with Crippen molar-refractivity contribution in [1.82, 2.24) is 0 Å². The number of nitrogens with zero attached hydrogens (tertiary/aromatic N) is 1. The summed E-state index contributed by atoms with van der Waals surface area (Å²) in [4.78, 5) is 13.2. The molecular formula is C16H23NO3. The summed E-state index contributed by atoms with van der Waals surface area (Å²) in [5.74, 6) is -0.825. The second-order valence-corrected chi connectivity index (χ2v) is 6.54. The Labute approximate surface area is 120 Å². The average Bonchev–Trinajstić information content (AvgIpc) is 2.55. The Kier molecular flexibility index (Phi) is 3.78. The lowest BCUT2D eigenvalue weighted by atomic mass is 9.92. The van der Waals surface area contributed by atoms with E-state index in [4.69, 9.17) is 4.74 Å². The Morgan fingerprint density at radius 2 is 1.90 bits per heavy atom. The maximum Gasteiger partial charge on any atom is 0.323 e. The molecule has 1 atom stereocenters. The lowest BCUT2D eigenvalue weighted by Crippen LogP contribution is -2.48. The van der Waals surface area contributed by atoms with Crippen LogP contribution < -0.4 is 4.90 Å². The molecule has 0 spiro atoms. The van der Waals surface area contributed by atoms with E-state index in [1.54, 1.807) is 0 Å². The number of benzene rings is 1. The zero-order valence-electron chi connectivity index (χ0n) is 12.6. The summed E-state index contributed by atoms with van der Waals surface area (Å²) in [5.41, 5.74) is 0.309. The van der Waals surface area contributed by atoms with Crippen molar-refractivity contribution in [3.63, 3.8) is 0 Å². The number of anilines is 1. The molecule has 2 rings (SSSR count). The quantitative estimate of drug-likeness (QED) is 0.919. The van der Waals surface area contributed by atoms with Gasteiger partial charge in [-0.15, -0.1) is 0 Å². The van der Waals surface area contributed by atoms with E-state index in [-0.39, 0.29) is 23.8 Å². The van der Waals surface area contributed by atoms with Crippen LogP contribution in [0.15, 0.2) is 30.3 Å². The molecule has 1 heterocycles. The molecule has 1 N–H and O–H groups in total. The predicted molar refractivity (Wildman–Crippen MR) is 79.1 cm³/mol. The minimum Gasteiger partial charge on any atom is -0.480 e. The van der Waals surface area contributed by atoms with E-state index in [1.165, 1.54) is 0 Å². The highest BCUT2D eigenvalue weighted by Crippen LogP contribution is 2.41. The third-order valence-electron chi connectivity index (χ3n) is 3.80. The van der Waals surface area contributed by atoms with Gasteiger partial charge in [0, 0.05) is 5.69 Å². The first-order valence-electron chi connectivity index (χ1n) is 6.95. The van der Waals surface area contributed by atoms with Crippen molar-refractivity contribution in [2.24, 2.45) is 0 Å². The van der Waals surface area contributed by atoms with Gasteiger partial charge in [0.2, 0.25) is 0 Å². The van der Waals surface area contributed by atoms with Crippen molar-refractivity contribution in [2.75, 3.05) is 11.4 Å². The first-order valence-corrected chi connectivity index (χ1v) is 6.95. The summed E-state index contributed by atoms with van der Waals surface area (Å²) < 4.78 is 6.10. The molecule has 1 aliphatic rings. The van der Waals surface area contributed by atoms with Crippen molar-refractivity contribution in [1.29, 1.82) is 0 Å². The van der Waals surface area contributed by atoms with Gasteiger partial charge in [-0.3, -0.25) is 4.79 Å². The fourth-order valence-electron chi connectivity index (χ4n) is 3.17. The fraction of sp³-hybridized carbons (Fsp3) is 0.562. The number of para-hydroxylation sites is 1. The summed E-state index contributed by atoms with van der Waals surface area (Å²) in [5, 5.41) is 9.22. The third-order valence-corrected chi connectivity index (χ3v) is 3.80. The van der Waals surface area contributed by atoms with Gasteiger partial charge in [0.1, 0.15) is 6.54 Å². The average molecular weight is 277 g/mol. The summed E-state index contributed by atoms with van der Waals surface area (Å²) >= 11 is 0. The van der Waals surface area contributed by atoms with Gasteiger partial charge in [0.05, 0.1) is 17.2 Å². The van der Waals surface area contributed by atoms with Crippen molar-refractivity contribution < 1.29 is 14.6 Å². The highest BCUT2D eigenvalue weighted by atomic mass is 16.5. The first kappa shape index (κ1) is 14.9. The molecule has 1 saturated heterocycles. The molecule has 0 radical (unpaired) electrons. The third kappa shape index (κ3) is 3.12. The van der Waals surface area contributed by atoms with Crippen molar-refractivity contribution in [3.05, 3.63) is 30.3 Å². The Morgan fingerprint density at radius 1 is 1.30 bits per heavy atom. The normalized spacial score (nSPS) is 23.5. The highest BCUT2D eigenvalue weighted by Gasteiger charge is 2.48. The van der Waals surface area contributed by atoms with Crippen LogP contribution in [0.3, 0.4) is 0 Å². The summed E-state index contributed by atoms with van der Waals surface area (Å²) in [6, 6.07) is 9.73. The molecule has 1 aliphatic heterocycles. The van der Waals surface area contributed by atoms with E-state index >= 15 is 0 Å². The number of hydrogen-bond donors (Lipinski definition) is 1. The van der Waals surface area contributed by atoms with Gasteiger partial charge >= 0.3 is 5.97 Å². The number of aliphatic carboxylic acids is 1. The minimum atomic E-state index is -0.825. The molecule has 4 nitrogen and oxygen atoms in total. The molecule has 1 unspecified atom stereocenters. The molecule has 1 fully saturated rings. The van der Waals surface area contributed by atoms with E-state index < -0.39 is 5.97 Å². The second kappa shape index (κ2) is 5.09. The number of carboxylic acids is 1. The van der Waals surface area contributed by atoms with Crippen LogP contribution in [0.2, 0.25) is 0 Å². The number of hydrogen-bond acceptors (Lipinski definition) is 3. The molecule has 0 aromatic heterocycles. The Balaban J connectivity index is 2.35. The maximum absolute atomic E-state index is 11.2. The second-order valence-electron chi connectivity index (χ2n) is 6.54. The summed E-state index contributed by atoms with van der Waals surface area (Å²) in [7, 11) is 0.